The molecule has 3 rings (SSSR count). The number of benzene rings is 2. The molecule has 0 saturated carbocycles. The Hall–Kier alpha value is -2.57. The zero-order chi connectivity index (χ0) is 20.3. The zero-order valence-corrected chi connectivity index (χ0v) is 16.6. The van der Waals surface area contributed by atoms with Gasteiger partial charge in [-0.25, -0.2) is 23.7 Å². The predicted molar refractivity (Wildman–Crippen MR) is 109 cm³/mol. The molecule has 0 spiro atoms. The van der Waals surface area contributed by atoms with Crippen molar-refractivity contribution in [2.45, 2.75) is 20.4 Å². The van der Waals surface area contributed by atoms with Crippen molar-refractivity contribution in [3.8, 4) is 0 Å². The van der Waals surface area contributed by atoms with Gasteiger partial charge in [0.2, 0.25) is 5.95 Å². The number of nitrogens with zero attached hydrogens (tertiary/aromatic N) is 3. The number of nitrogens with one attached hydrogen (secondary N) is 1. The van der Waals surface area contributed by atoms with Crippen LogP contribution in [0.25, 0.3) is 0 Å². The Morgan fingerprint density at radius 1 is 1.11 bits per heavy atom. The first-order valence-electron chi connectivity index (χ1n) is 8.36. The van der Waals surface area contributed by atoms with Crippen LogP contribution in [0.4, 0.5) is 20.4 Å². The third-order valence-electron chi connectivity index (χ3n) is 4.00. The van der Waals surface area contributed by atoms with Crippen molar-refractivity contribution in [1.82, 2.24) is 9.97 Å². The first-order valence-corrected chi connectivity index (χ1v) is 9.12. The third kappa shape index (κ3) is 4.64. The van der Waals surface area contributed by atoms with Crippen molar-refractivity contribution >= 4 is 40.5 Å². The van der Waals surface area contributed by atoms with E-state index in [0.717, 1.165) is 12.1 Å². The quantitative estimate of drug-likeness (QED) is 0.505. The van der Waals surface area contributed by atoms with Crippen LogP contribution in [0.1, 0.15) is 23.7 Å². The smallest absolute Gasteiger partial charge is 0.223 e. The van der Waals surface area contributed by atoms with Gasteiger partial charge in [0.1, 0.15) is 5.69 Å². The van der Waals surface area contributed by atoms with E-state index in [0.29, 0.717) is 44.2 Å². The number of aliphatic imine (C=N–C) groups is 1. The lowest BCUT2D eigenvalue weighted by Crippen LogP contribution is -2.05. The molecule has 1 aromatic heterocycles. The summed E-state index contributed by atoms with van der Waals surface area (Å²) in [5.74, 6) is -1.42. The average molecular weight is 421 g/mol. The third-order valence-corrected chi connectivity index (χ3v) is 4.63. The van der Waals surface area contributed by atoms with Gasteiger partial charge in [-0.15, -0.1) is 0 Å². The van der Waals surface area contributed by atoms with Crippen LogP contribution < -0.4 is 5.32 Å². The van der Waals surface area contributed by atoms with Gasteiger partial charge in [-0.05, 0) is 43.7 Å². The first-order chi connectivity index (χ1) is 13.3. The molecule has 2 aromatic carbocycles. The second-order valence-corrected chi connectivity index (χ2v) is 6.87. The molecule has 0 unspecified atom stereocenters. The molecule has 0 aliphatic carbocycles. The Morgan fingerprint density at radius 3 is 2.46 bits per heavy atom. The number of anilines is 1. The van der Waals surface area contributed by atoms with Crippen LogP contribution in [0, 0.1) is 18.6 Å². The second kappa shape index (κ2) is 8.63. The van der Waals surface area contributed by atoms with Gasteiger partial charge in [0.05, 0.1) is 21.9 Å². The standard InChI is InChI=1S/C20H16Cl2F2N4/c1-11-18(27-12(2)19-14(21)4-3-5-15(19)22)10-26-20(28-11)25-9-13-6-7-16(23)17(24)8-13/h3-8,10H,9H2,1-2H3,(H,25,26,28). The molecule has 0 bridgehead atoms. The Labute approximate surface area is 171 Å². The molecule has 0 radical (unpaired) electrons. The summed E-state index contributed by atoms with van der Waals surface area (Å²) in [5, 5.41) is 4.00. The van der Waals surface area contributed by atoms with Crippen molar-refractivity contribution in [2.75, 3.05) is 5.32 Å². The van der Waals surface area contributed by atoms with Gasteiger partial charge < -0.3 is 5.32 Å². The first kappa shape index (κ1) is 20.2. The molecular weight excluding hydrogens is 405 g/mol. The van der Waals surface area contributed by atoms with E-state index in [2.05, 4.69) is 20.3 Å². The van der Waals surface area contributed by atoms with Gasteiger partial charge in [0.25, 0.3) is 0 Å². The van der Waals surface area contributed by atoms with Crippen LogP contribution in [0.15, 0.2) is 47.6 Å². The number of hydrogen-bond acceptors (Lipinski definition) is 4. The molecule has 0 fully saturated rings. The molecule has 0 atom stereocenters. The van der Waals surface area contributed by atoms with Crippen LogP contribution in [0.5, 0.6) is 0 Å². The maximum absolute atomic E-state index is 13.3. The second-order valence-electron chi connectivity index (χ2n) is 6.06. The van der Waals surface area contributed by atoms with Gasteiger partial charge in [-0.2, -0.15) is 0 Å². The Balaban J connectivity index is 1.77. The fraction of sp³-hybridized carbons (Fsp3) is 0.150. The summed E-state index contributed by atoms with van der Waals surface area (Å²) in [7, 11) is 0. The number of rotatable bonds is 5. The number of halogens is 4. The average Bonchev–Trinajstić information content (AvgIpc) is 2.64. The number of hydrogen-bond donors (Lipinski definition) is 1. The van der Waals surface area contributed by atoms with E-state index in [-0.39, 0.29) is 6.54 Å². The molecule has 3 aromatic rings. The zero-order valence-electron chi connectivity index (χ0n) is 15.1. The van der Waals surface area contributed by atoms with E-state index in [9.17, 15) is 8.78 Å². The van der Waals surface area contributed by atoms with Crippen molar-refractivity contribution in [2.24, 2.45) is 4.99 Å². The van der Waals surface area contributed by atoms with E-state index >= 15 is 0 Å². The fourth-order valence-electron chi connectivity index (χ4n) is 2.57. The van der Waals surface area contributed by atoms with Crippen LogP contribution in [0.2, 0.25) is 10.0 Å². The van der Waals surface area contributed by atoms with Gasteiger partial charge in [0.15, 0.2) is 11.6 Å². The fourth-order valence-corrected chi connectivity index (χ4v) is 3.24. The summed E-state index contributed by atoms with van der Waals surface area (Å²) in [6.45, 7) is 3.86. The SMILES string of the molecule is CC(=Nc1cnc(NCc2ccc(F)c(F)c2)nc1C)c1c(Cl)cccc1Cl. The van der Waals surface area contributed by atoms with Crippen molar-refractivity contribution in [1.29, 1.82) is 0 Å². The summed E-state index contributed by atoms with van der Waals surface area (Å²) >= 11 is 12.4. The van der Waals surface area contributed by atoms with Gasteiger partial charge >= 0.3 is 0 Å². The van der Waals surface area contributed by atoms with Crippen LogP contribution in [-0.2, 0) is 6.54 Å². The Morgan fingerprint density at radius 2 is 1.82 bits per heavy atom. The molecular formula is C20H16Cl2F2N4. The van der Waals surface area contributed by atoms with Crippen molar-refractivity contribution in [3.63, 3.8) is 0 Å². The summed E-state index contributed by atoms with van der Waals surface area (Å²) in [6.07, 6.45) is 1.57. The molecule has 1 heterocycles. The minimum Gasteiger partial charge on any atom is -0.350 e. The Kier molecular flexibility index (Phi) is 6.21. The van der Waals surface area contributed by atoms with E-state index in [1.807, 2.05) is 6.92 Å². The topological polar surface area (TPSA) is 50.2 Å². The van der Waals surface area contributed by atoms with E-state index in [4.69, 9.17) is 23.2 Å². The van der Waals surface area contributed by atoms with E-state index in [1.54, 1.807) is 31.3 Å². The highest BCUT2D eigenvalue weighted by molar-refractivity contribution is 6.40. The van der Waals surface area contributed by atoms with Crippen LogP contribution in [-0.4, -0.2) is 15.7 Å². The van der Waals surface area contributed by atoms with E-state index in [1.165, 1.54) is 6.07 Å². The number of aromatic nitrogens is 2. The maximum Gasteiger partial charge on any atom is 0.223 e. The normalized spacial score (nSPS) is 11.6. The van der Waals surface area contributed by atoms with Gasteiger partial charge in [-0.1, -0.05) is 35.3 Å². The molecule has 0 aliphatic heterocycles. The monoisotopic (exact) mass is 420 g/mol. The molecule has 0 aliphatic rings. The van der Waals surface area contributed by atoms with Gasteiger partial charge in [-0.3, -0.25) is 0 Å². The summed E-state index contributed by atoms with van der Waals surface area (Å²) in [4.78, 5) is 13.1. The van der Waals surface area contributed by atoms with Gasteiger partial charge in [0, 0.05) is 17.8 Å². The molecule has 144 valence electrons. The lowest BCUT2D eigenvalue weighted by Gasteiger charge is -2.09. The molecule has 28 heavy (non-hydrogen) atoms. The molecule has 1 N–H and O–H groups in total. The molecule has 8 heteroatoms. The van der Waals surface area contributed by atoms with Crippen molar-refractivity contribution < 1.29 is 8.78 Å². The van der Waals surface area contributed by atoms with Crippen LogP contribution >= 0.6 is 23.2 Å². The maximum atomic E-state index is 13.3. The lowest BCUT2D eigenvalue weighted by atomic mass is 10.1. The molecule has 0 saturated heterocycles. The molecule has 4 nitrogen and oxygen atoms in total. The summed E-state index contributed by atoms with van der Waals surface area (Å²) < 4.78 is 26.3. The highest BCUT2D eigenvalue weighted by Crippen LogP contribution is 2.27. The minimum atomic E-state index is -0.894. The van der Waals surface area contributed by atoms with Crippen molar-refractivity contribution in [3.05, 3.63) is 81.1 Å². The Bertz CT molecular complexity index is 1030. The highest BCUT2D eigenvalue weighted by atomic mass is 35.5. The summed E-state index contributed by atoms with van der Waals surface area (Å²) in [5.41, 5.74) is 3.10. The van der Waals surface area contributed by atoms with Crippen LogP contribution in [0.3, 0.4) is 0 Å². The minimum absolute atomic E-state index is 0.257. The summed E-state index contributed by atoms with van der Waals surface area (Å²) in [6, 6.07) is 8.97. The van der Waals surface area contributed by atoms with E-state index < -0.39 is 11.6 Å². The number of aryl methyl sites for hydroxylation is 1. The molecule has 0 amide bonds. The lowest BCUT2D eigenvalue weighted by molar-refractivity contribution is 0.507. The largest absolute Gasteiger partial charge is 0.350 e. The highest BCUT2D eigenvalue weighted by Gasteiger charge is 2.10. The predicted octanol–water partition coefficient (Wildman–Crippen LogP) is 6.12.